The Morgan fingerprint density at radius 2 is 1.57 bits per heavy atom. The number of carbonyl (C=O) groups is 2. The van der Waals surface area contributed by atoms with Gasteiger partial charge in [-0.3, -0.25) is 13.8 Å². The van der Waals surface area contributed by atoms with Gasteiger partial charge in [-0.05, 0) is 55.0 Å². The highest BCUT2D eigenvalue weighted by atomic mass is 32.2. The number of sulfone groups is 1. The highest BCUT2D eigenvalue weighted by Gasteiger charge is 2.39. The van der Waals surface area contributed by atoms with Crippen molar-refractivity contribution in [1.29, 1.82) is 0 Å². The number of hydrogen-bond acceptors (Lipinski definition) is 11. The van der Waals surface area contributed by atoms with Gasteiger partial charge in [-0.2, -0.15) is 8.42 Å². The number of nitrogens with one attached hydrogen (secondary N) is 1. The number of aryl methyl sites for hydroxylation is 1. The highest BCUT2D eigenvalue weighted by Crippen LogP contribution is 2.27. The molecule has 0 aromatic heterocycles. The highest BCUT2D eigenvalue weighted by molar-refractivity contribution is 7.92. The topological polar surface area (TPSA) is 155 Å². The molecule has 0 spiro atoms. The van der Waals surface area contributed by atoms with Crippen LogP contribution in [0.4, 0.5) is 0 Å². The van der Waals surface area contributed by atoms with Crippen molar-refractivity contribution in [1.82, 2.24) is 10.4 Å². The lowest BCUT2D eigenvalue weighted by Gasteiger charge is -2.24. The second-order valence-electron chi connectivity index (χ2n) is 9.51. The van der Waals surface area contributed by atoms with Gasteiger partial charge >= 0.3 is 0 Å². The Balaban J connectivity index is 1.31. The molecule has 1 N–H and O–H groups in total. The van der Waals surface area contributed by atoms with Crippen LogP contribution in [-0.2, 0) is 33.7 Å². The maximum absolute atomic E-state index is 13.1. The van der Waals surface area contributed by atoms with Crippen molar-refractivity contribution < 1.29 is 44.9 Å². The van der Waals surface area contributed by atoms with Crippen LogP contribution in [-0.4, -0.2) is 71.7 Å². The van der Waals surface area contributed by atoms with Gasteiger partial charge in [0, 0.05) is 19.5 Å². The van der Waals surface area contributed by atoms with Gasteiger partial charge in [0.25, 0.3) is 21.9 Å². The van der Waals surface area contributed by atoms with E-state index >= 15 is 0 Å². The standard InChI is InChI=1S/C28H28N2O10S2/c1-19-15-21(41(33,34)26-18-29-12-14-37-26)17-22(16-19)42(35,36)38-13-11-25(39-20-7-3-2-4-8-20)40-30-27(31)23-9-5-6-10-24(23)28(30)32/h2-10,15-17,25-26,29H,11-14,18H2,1H3. The van der Waals surface area contributed by atoms with Crippen molar-refractivity contribution in [3.8, 4) is 5.75 Å². The number of hydroxylamine groups is 2. The van der Waals surface area contributed by atoms with Gasteiger partial charge in [0.05, 0.1) is 34.1 Å². The van der Waals surface area contributed by atoms with Crippen LogP contribution in [0.25, 0.3) is 0 Å². The SMILES string of the molecule is Cc1cc(S(=O)(=O)OCCC(Oc2ccccc2)ON2C(=O)c3ccccc3C2=O)cc(S(=O)(=O)C2CNCCO2)c1. The second-order valence-corrected chi connectivity index (χ2v) is 13.2. The Morgan fingerprint density at radius 3 is 2.21 bits per heavy atom. The van der Waals surface area contributed by atoms with E-state index in [9.17, 15) is 26.4 Å². The zero-order valence-corrected chi connectivity index (χ0v) is 24.1. The van der Waals surface area contributed by atoms with E-state index in [2.05, 4.69) is 5.32 Å². The number of imide groups is 1. The average molecular weight is 617 g/mol. The molecule has 42 heavy (non-hydrogen) atoms. The molecule has 3 aromatic rings. The quantitative estimate of drug-likeness (QED) is 0.192. The zero-order chi connectivity index (χ0) is 29.9. The number of fused-ring (bicyclic) bond motifs is 1. The van der Waals surface area contributed by atoms with Crippen molar-refractivity contribution in [2.45, 2.75) is 34.9 Å². The molecule has 14 heteroatoms. The summed E-state index contributed by atoms with van der Waals surface area (Å²) in [5.74, 6) is -1.03. The van der Waals surface area contributed by atoms with E-state index in [-0.39, 0.29) is 40.5 Å². The Morgan fingerprint density at radius 1 is 0.929 bits per heavy atom. The number of benzene rings is 3. The molecule has 2 atom stereocenters. The number of morpholine rings is 1. The van der Waals surface area contributed by atoms with Crippen LogP contribution in [0.2, 0.25) is 0 Å². The fourth-order valence-electron chi connectivity index (χ4n) is 4.40. The fourth-order valence-corrected chi connectivity index (χ4v) is 7.09. The molecule has 1 fully saturated rings. The summed E-state index contributed by atoms with van der Waals surface area (Å²) in [5, 5.41) is 3.52. The molecule has 0 radical (unpaired) electrons. The molecule has 2 aliphatic heterocycles. The summed E-state index contributed by atoms with van der Waals surface area (Å²) in [6.07, 6.45) is -1.52. The zero-order valence-electron chi connectivity index (χ0n) is 22.5. The molecule has 2 aliphatic rings. The largest absolute Gasteiger partial charge is 0.463 e. The Hall–Kier alpha value is -3.66. The third-order valence-electron chi connectivity index (χ3n) is 6.46. The molecule has 1 saturated heterocycles. The molecule has 5 rings (SSSR count). The summed E-state index contributed by atoms with van der Waals surface area (Å²) >= 11 is 0. The Labute approximate surface area is 243 Å². The van der Waals surface area contributed by atoms with E-state index in [1.165, 1.54) is 24.3 Å². The van der Waals surface area contributed by atoms with Crippen LogP contribution in [0.1, 0.15) is 32.7 Å². The third-order valence-corrected chi connectivity index (χ3v) is 9.64. The molecule has 3 aromatic carbocycles. The number of ether oxygens (including phenoxy) is 2. The van der Waals surface area contributed by atoms with Gasteiger partial charge in [-0.15, -0.1) is 5.06 Å². The molecule has 2 amide bonds. The monoisotopic (exact) mass is 616 g/mol. The maximum atomic E-state index is 13.1. The van der Waals surface area contributed by atoms with Gasteiger partial charge < -0.3 is 14.8 Å². The van der Waals surface area contributed by atoms with Crippen LogP contribution in [0.5, 0.6) is 5.75 Å². The molecule has 0 bridgehead atoms. The summed E-state index contributed by atoms with van der Waals surface area (Å²) in [6, 6.07) is 18.3. The Kier molecular flexibility index (Phi) is 8.73. The van der Waals surface area contributed by atoms with Crippen molar-refractivity contribution in [3.05, 3.63) is 89.5 Å². The van der Waals surface area contributed by atoms with Crippen molar-refractivity contribution in [2.75, 3.05) is 26.3 Å². The van der Waals surface area contributed by atoms with Crippen LogP contribution in [0, 0.1) is 6.92 Å². The summed E-state index contributed by atoms with van der Waals surface area (Å²) in [6.45, 7) is 1.88. The first kappa shape index (κ1) is 29.8. The molecular formula is C28H28N2O10S2. The van der Waals surface area contributed by atoms with Crippen LogP contribution >= 0.6 is 0 Å². The number of hydrogen-bond donors (Lipinski definition) is 1. The Bertz CT molecular complexity index is 1650. The van der Waals surface area contributed by atoms with E-state index in [0.717, 1.165) is 6.07 Å². The second kappa shape index (κ2) is 12.3. The first-order valence-electron chi connectivity index (χ1n) is 13.0. The number of para-hydroxylation sites is 1. The summed E-state index contributed by atoms with van der Waals surface area (Å²) in [7, 11) is -8.43. The fraction of sp³-hybridized carbons (Fsp3) is 0.286. The predicted octanol–water partition coefficient (Wildman–Crippen LogP) is 2.44. The molecule has 222 valence electrons. The molecule has 12 nitrogen and oxygen atoms in total. The van der Waals surface area contributed by atoms with Gasteiger partial charge in [-0.25, -0.2) is 13.3 Å². The van der Waals surface area contributed by atoms with E-state index in [1.807, 2.05) is 0 Å². The first-order chi connectivity index (χ1) is 20.1. The van der Waals surface area contributed by atoms with Crippen molar-refractivity contribution in [2.24, 2.45) is 0 Å². The van der Waals surface area contributed by atoms with Gasteiger partial charge in [0.15, 0.2) is 5.44 Å². The first-order valence-corrected chi connectivity index (χ1v) is 16.0. The van der Waals surface area contributed by atoms with Crippen LogP contribution in [0.15, 0.2) is 82.6 Å². The van der Waals surface area contributed by atoms with Crippen molar-refractivity contribution in [3.63, 3.8) is 0 Å². The number of carbonyl (C=O) groups excluding carboxylic acids is 2. The molecule has 0 aliphatic carbocycles. The lowest BCUT2D eigenvalue weighted by molar-refractivity contribution is -0.203. The number of nitrogens with zero attached hydrogens (tertiary/aromatic N) is 1. The average Bonchev–Trinajstić information content (AvgIpc) is 3.22. The summed E-state index contributed by atoms with van der Waals surface area (Å²) in [4.78, 5) is 30.7. The van der Waals surface area contributed by atoms with E-state index in [1.54, 1.807) is 49.4 Å². The molecule has 2 unspecified atom stereocenters. The predicted molar refractivity (Wildman–Crippen MR) is 148 cm³/mol. The minimum absolute atomic E-state index is 0.0742. The number of amides is 2. The molecule has 2 heterocycles. The van der Waals surface area contributed by atoms with Crippen LogP contribution < -0.4 is 10.1 Å². The van der Waals surface area contributed by atoms with Gasteiger partial charge in [0.1, 0.15) is 5.75 Å². The van der Waals surface area contributed by atoms with Crippen LogP contribution in [0.3, 0.4) is 0 Å². The van der Waals surface area contributed by atoms with Gasteiger partial charge in [-0.1, -0.05) is 30.3 Å². The summed E-state index contributed by atoms with van der Waals surface area (Å²) in [5.41, 5.74) is -0.431. The van der Waals surface area contributed by atoms with Gasteiger partial charge in [0.2, 0.25) is 16.1 Å². The van der Waals surface area contributed by atoms with E-state index < -0.39 is 50.1 Å². The lowest BCUT2D eigenvalue weighted by atomic mass is 10.1. The maximum Gasteiger partial charge on any atom is 0.297 e. The minimum Gasteiger partial charge on any atom is -0.463 e. The van der Waals surface area contributed by atoms with Crippen molar-refractivity contribution >= 4 is 31.8 Å². The third kappa shape index (κ3) is 6.38. The lowest BCUT2D eigenvalue weighted by Crippen LogP contribution is -2.43. The summed E-state index contributed by atoms with van der Waals surface area (Å²) < 4.78 is 68.8. The van der Waals surface area contributed by atoms with E-state index in [0.29, 0.717) is 22.9 Å². The molecular weight excluding hydrogens is 588 g/mol. The number of rotatable bonds is 11. The smallest absolute Gasteiger partial charge is 0.297 e. The van der Waals surface area contributed by atoms with E-state index in [4.69, 9.17) is 18.5 Å². The minimum atomic E-state index is -4.44. The normalized spacial score (nSPS) is 18.1. The molecule has 0 saturated carbocycles.